The molecule has 88 valence electrons. The summed E-state index contributed by atoms with van der Waals surface area (Å²) in [5, 5.41) is 3.63. The fourth-order valence-electron chi connectivity index (χ4n) is 2.10. The van der Waals surface area contributed by atoms with Crippen LogP contribution in [0.4, 0.5) is 0 Å². The van der Waals surface area contributed by atoms with E-state index >= 15 is 0 Å². The van der Waals surface area contributed by atoms with E-state index in [0.29, 0.717) is 6.04 Å². The first kappa shape index (κ1) is 11.5. The summed E-state index contributed by atoms with van der Waals surface area (Å²) in [6.07, 6.45) is 2.31. The molecule has 0 aromatic heterocycles. The molecule has 1 heterocycles. The number of rotatable bonds is 4. The van der Waals surface area contributed by atoms with Crippen LogP contribution >= 0.6 is 0 Å². The number of fused-ring (bicyclic) bond motifs is 1. The molecule has 2 rings (SSSR count). The summed E-state index contributed by atoms with van der Waals surface area (Å²) in [7, 11) is 0. The molecule has 2 heteroatoms. The van der Waals surface area contributed by atoms with Gasteiger partial charge in [-0.15, -0.1) is 0 Å². The van der Waals surface area contributed by atoms with E-state index in [1.165, 1.54) is 12.0 Å². The van der Waals surface area contributed by atoms with E-state index in [2.05, 4.69) is 37.4 Å². The molecule has 0 spiro atoms. The zero-order chi connectivity index (χ0) is 11.4. The Bertz CT molecular complexity index is 335. The fraction of sp³-hybridized carbons (Fsp3) is 0.571. The van der Waals surface area contributed by atoms with Crippen LogP contribution in [0.3, 0.4) is 0 Å². The van der Waals surface area contributed by atoms with E-state index in [-0.39, 0.29) is 0 Å². The molecule has 1 aliphatic rings. The number of benzene rings is 1. The molecule has 0 aliphatic carbocycles. The van der Waals surface area contributed by atoms with E-state index in [9.17, 15) is 0 Å². The predicted molar refractivity (Wildman–Crippen MR) is 66.8 cm³/mol. The van der Waals surface area contributed by atoms with E-state index in [1.54, 1.807) is 0 Å². The van der Waals surface area contributed by atoms with Gasteiger partial charge in [0.15, 0.2) is 0 Å². The van der Waals surface area contributed by atoms with Gasteiger partial charge in [-0.1, -0.05) is 32.0 Å². The zero-order valence-corrected chi connectivity index (χ0v) is 10.2. The van der Waals surface area contributed by atoms with Crippen LogP contribution in [0.15, 0.2) is 24.3 Å². The average molecular weight is 219 g/mol. The zero-order valence-electron chi connectivity index (χ0n) is 10.2. The van der Waals surface area contributed by atoms with Gasteiger partial charge in [0.2, 0.25) is 0 Å². The van der Waals surface area contributed by atoms with Crippen LogP contribution in [0.25, 0.3) is 0 Å². The molecule has 0 amide bonds. The van der Waals surface area contributed by atoms with Crippen molar-refractivity contribution in [1.82, 2.24) is 5.32 Å². The van der Waals surface area contributed by atoms with Gasteiger partial charge in [0.05, 0.1) is 6.61 Å². The van der Waals surface area contributed by atoms with E-state index < -0.39 is 0 Å². The summed E-state index contributed by atoms with van der Waals surface area (Å²) in [6, 6.07) is 8.83. The molecule has 0 saturated carbocycles. The minimum Gasteiger partial charge on any atom is -0.493 e. The number of hydrogen-bond donors (Lipinski definition) is 1. The molecule has 0 saturated heterocycles. The van der Waals surface area contributed by atoms with Crippen molar-refractivity contribution in [1.29, 1.82) is 0 Å². The van der Waals surface area contributed by atoms with Gasteiger partial charge in [0.25, 0.3) is 0 Å². The Hall–Kier alpha value is -1.02. The van der Waals surface area contributed by atoms with Crippen LogP contribution < -0.4 is 10.1 Å². The van der Waals surface area contributed by atoms with Crippen molar-refractivity contribution in [3.8, 4) is 5.75 Å². The van der Waals surface area contributed by atoms with Gasteiger partial charge in [0, 0.05) is 18.0 Å². The Kier molecular flexibility index (Phi) is 3.83. The average Bonchev–Trinajstić information content (AvgIpc) is 2.29. The normalized spacial score (nSPS) is 19.3. The van der Waals surface area contributed by atoms with Gasteiger partial charge in [-0.05, 0) is 24.9 Å². The molecule has 1 aromatic rings. The van der Waals surface area contributed by atoms with Gasteiger partial charge in [-0.3, -0.25) is 0 Å². The Morgan fingerprint density at radius 1 is 1.38 bits per heavy atom. The molecule has 16 heavy (non-hydrogen) atoms. The Morgan fingerprint density at radius 2 is 2.19 bits per heavy atom. The first-order valence-corrected chi connectivity index (χ1v) is 6.22. The first-order chi connectivity index (χ1) is 7.77. The molecule has 0 bridgehead atoms. The molecule has 0 fully saturated rings. The lowest BCUT2D eigenvalue weighted by molar-refractivity contribution is 0.251. The molecular formula is C14H21NO. The summed E-state index contributed by atoms with van der Waals surface area (Å²) >= 11 is 0. The molecular weight excluding hydrogens is 198 g/mol. The summed E-state index contributed by atoms with van der Waals surface area (Å²) < 4.78 is 5.64. The number of nitrogens with one attached hydrogen (secondary N) is 1. The van der Waals surface area contributed by atoms with Crippen molar-refractivity contribution in [3.63, 3.8) is 0 Å². The molecule has 1 N–H and O–H groups in total. The second-order valence-electron chi connectivity index (χ2n) is 4.86. The highest BCUT2D eigenvalue weighted by molar-refractivity contribution is 5.37. The Balaban J connectivity index is 1.96. The SMILES string of the molecule is CC(C)CCNC1CCOc2ccccc21. The molecule has 0 radical (unpaired) electrons. The quantitative estimate of drug-likeness (QED) is 0.840. The monoisotopic (exact) mass is 219 g/mol. The van der Waals surface area contributed by atoms with E-state index in [0.717, 1.165) is 31.2 Å². The lowest BCUT2D eigenvalue weighted by Gasteiger charge is -2.27. The summed E-state index contributed by atoms with van der Waals surface area (Å²) in [6.45, 7) is 6.45. The second kappa shape index (κ2) is 5.35. The van der Waals surface area contributed by atoms with Gasteiger partial charge in [-0.2, -0.15) is 0 Å². The minimum atomic E-state index is 0.476. The van der Waals surface area contributed by atoms with Crippen LogP contribution in [0.1, 0.15) is 38.3 Å². The van der Waals surface area contributed by atoms with Gasteiger partial charge < -0.3 is 10.1 Å². The van der Waals surface area contributed by atoms with Crippen LogP contribution in [0, 0.1) is 5.92 Å². The maximum atomic E-state index is 5.64. The number of para-hydroxylation sites is 1. The van der Waals surface area contributed by atoms with Crippen molar-refractivity contribution < 1.29 is 4.74 Å². The van der Waals surface area contributed by atoms with Crippen LogP contribution in [-0.2, 0) is 0 Å². The number of hydrogen-bond acceptors (Lipinski definition) is 2. The standard InChI is InChI=1S/C14H21NO/c1-11(2)7-9-15-13-8-10-16-14-6-4-3-5-12(13)14/h3-6,11,13,15H,7-10H2,1-2H3. The van der Waals surface area contributed by atoms with Crippen molar-refractivity contribution in [3.05, 3.63) is 29.8 Å². The summed E-state index contributed by atoms with van der Waals surface area (Å²) in [5.74, 6) is 1.82. The maximum Gasteiger partial charge on any atom is 0.124 e. The molecule has 1 atom stereocenters. The second-order valence-corrected chi connectivity index (χ2v) is 4.86. The third kappa shape index (κ3) is 2.76. The van der Waals surface area contributed by atoms with Crippen molar-refractivity contribution >= 4 is 0 Å². The van der Waals surface area contributed by atoms with Crippen LogP contribution in [0.5, 0.6) is 5.75 Å². The topological polar surface area (TPSA) is 21.3 Å². The largest absolute Gasteiger partial charge is 0.493 e. The minimum absolute atomic E-state index is 0.476. The highest BCUT2D eigenvalue weighted by Crippen LogP contribution is 2.31. The van der Waals surface area contributed by atoms with Crippen molar-refractivity contribution in [2.45, 2.75) is 32.7 Å². The highest BCUT2D eigenvalue weighted by Gasteiger charge is 2.19. The van der Waals surface area contributed by atoms with Crippen LogP contribution in [0.2, 0.25) is 0 Å². The first-order valence-electron chi connectivity index (χ1n) is 6.22. The third-order valence-electron chi connectivity index (χ3n) is 3.07. The lowest BCUT2D eigenvalue weighted by Crippen LogP contribution is -2.28. The van der Waals surface area contributed by atoms with Gasteiger partial charge >= 0.3 is 0 Å². The fourth-order valence-corrected chi connectivity index (χ4v) is 2.10. The van der Waals surface area contributed by atoms with Gasteiger partial charge in [-0.25, -0.2) is 0 Å². The smallest absolute Gasteiger partial charge is 0.124 e. The Labute approximate surface area is 98.0 Å². The van der Waals surface area contributed by atoms with E-state index in [4.69, 9.17) is 4.74 Å². The molecule has 1 unspecified atom stereocenters. The van der Waals surface area contributed by atoms with E-state index in [1.807, 2.05) is 6.07 Å². The predicted octanol–water partition coefficient (Wildman–Crippen LogP) is 3.15. The van der Waals surface area contributed by atoms with Crippen LogP contribution in [-0.4, -0.2) is 13.2 Å². The Morgan fingerprint density at radius 3 is 3.00 bits per heavy atom. The highest BCUT2D eigenvalue weighted by atomic mass is 16.5. The maximum absolute atomic E-state index is 5.64. The lowest BCUT2D eigenvalue weighted by atomic mass is 10.00. The van der Waals surface area contributed by atoms with Crippen molar-refractivity contribution in [2.75, 3.05) is 13.2 Å². The summed E-state index contributed by atoms with van der Waals surface area (Å²) in [5.41, 5.74) is 1.32. The molecule has 1 aliphatic heterocycles. The third-order valence-corrected chi connectivity index (χ3v) is 3.07. The molecule has 2 nitrogen and oxygen atoms in total. The van der Waals surface area contributed by atoms with Crippen molar-refractivity contribution in [2.24, 2.45) is 5.92 Å². The van der Waals surface area contributed by atoms with Gasteiger partial charge in [0.1, 0.15) is 5.75 Å². The molecule has 1 aromatic carbocycles. The summed E-state index contributed by atoms with van der Waals surface area (Å²) in [4.78, 5) is 0. The number of ether oxygens (including phenoxy) is 1.